The fraction of sp³-hybridized carbons (Fsp3) is 0.419. The standard InChI is InChI=1S/C43H56N2O4/c1-32(2)44(33(3)4)26-24-39(37-18-12-9-13-19-37)40-30-35(21-22-41(40)49-31-36-15-10-8-11-16-36)25-28-48-38-20-14-17-34(29-38)23-27-45(42(46)47)43(5,6)7/h8-22,29-30,32-33,39H,23-28,31H2,1-7H3,(H,46,47). The predicted octanol–water partition coefficient (Wildman–Crippen LogP) is 9.85. The van der Waals surface area contributed by atoms with Crippen molar-refractivity contribution in [2.24, 2.45) is 0 Å². The number of amides is 1. The van der Waals surface area contributed by atoms with Crippen LogP contribution in [0.4, 0.5) is 4.79 Å². The summed E-state index contributed by atoms with van der Waals surface area (Å²) >= 11 is 0. The maximum Gasteiger partial charge on any atom is 0.407 e. The number of carboxylic acid groups (broad SMARTS) is 1. The highest BCUT2D eigenvalue weighted by Gasteiger charge is 2.26. The van der Waals surface area contributed by atoms with Gasteiger partial charge in [0.1, 0.15) is 18.1 Å². The summed E-state index contributed by atoms with van der Waals surface area (Å²) < 4.78 is 12.8. The van der Waals surface area contributed by atoms with E-state index in [1.807, 2.05) is 63.2 Å². The Morgan fingerprint density at radius 3 is 1.98 bits per heavy atom. The van der Waals surface area contributed by atoms with Crippen LogP contribution in [0, 0.1) is 0 Å². The van der Waals surface area contributed by atoms with Crippen LogP contribution in [0.2, 0.25) is 0 Å². The fourth-order valence-electron chi connectivity index (χ4n) is 6.51. The van der Waals surface area contributed by atoms with Gasteiger partial charge in [0.2, 0.25) is 0 Å². The SMILES string of the molecule is CC(C)N(CCC(c1ccccc1)c1cc(CCOc2cccc(CCN(C(=O)O)C(C)(C)C)c2)ccc1OCc1ccccc1)C(C)C. The van der Waals surface area contributed by atoms with Gasteiger partial charge in [0.25, 0.3) is 0 Å². The molecule has 1 amide bonds. The average Bonchev–Trinajstić information content (AvgIpc) is 3.06. The van der Waals surface area contributed by atoms with Crippen LogP contribution in [0.5, 0.6) is 11.5 Å². The lowest BCUT2D eigenvalue weighted by Gasteiger charge is -2.33. The van der Waals surface area contributed by atoms with E-state index in [9.17, 15) is 9.90 Å². The molecule has 0 heterocycles. The van der Waals surface area contributed by atoms with Crippen molar-refractivity contribution in [2.75, 3.05) is 19.7 Å². The molecule has 4 rings (SSSR count). The Hall–Kier alpha value is -4.29. The molecule has 6 nitrogen and oxygen atoms in total. The molecule has 0 saturated carbocycles. The average molecular weight is 665 g/mol. The van der Waals surface area contributed by atoms with Crippen LogP contribution in [-0.4, -0.2) is 58.3 Å². The molecule has 1 N–H and O–H groups in total. The third kappa shape index (κ3) is 11.4. The van der Waals surface area contributed by atoms with Crippen molar-refractivity contribution in [3.8, 4) is 11.5 Å². The van der Waals surface area contributed by atoms with Gasteiger partial charge in [0, 0.05) is 42.1 Å². The van der Waals surface area contributed by atoms with E-state index in [-0.39, 0.29) is 5.92 Å². The fourth-order valence-corrected chi connectivity index (χ4v) is 6.51. The molecule has 6 heteroatoms. The highest BCUT2D eigenvalue weighted by molar-refractivity contribution is 5.66. The summed E-state index contributed by atoms with van der Waals surface area (Å²) in [6, 6.07) is 36.7. The van der Waals surface area contributed by atoms with Crippen molar-refractivity contribution in [3.63, 3.8) is 0 Å². The van der Waals surface area contributed by atoms with Gasteiger partial charge in [-0.2, -0.15) is 0 Å². The van der Waals surface area contributed by atoms with E-state index in [0.717, 1.165) is 42.0 Å². The van der Waals surface area contributed by atoms with Crippen molar-refractivity contribution in [1.82, 2.24) is 9.80 Å². The minimum Gasteiger partial charge on any atom is -0.493 e. The van der Waals surface area contributed by atoms with Crippen LogP contribution in [0.1, 0.15) is 88.6 Å². The van der Waals surface area contributed by atoms with Gasteiger partial charge in [-0.3, -0.25) is 4.90 Å². The maximum absolute atomic E-state index is 11.8. The largest absolute Gasteiger partial charge is 0.493 e. The molecular formula is C43H56N2O4. The quantitative estimate of drug-likeness (QED) is 0.122. The van der Waals surface area contributed by atoms with Crippen LogP contribution < -0.4 is 9.47 Å². The topological polar surface area (TPSA) is 62.2 Å². The minimum atomic E-state index is -0.901. The zero-order valence-electron chi connectivity index (χ0n) is 30.6. The zero-order valence-corrected chi connectivity index (χ0v) is 30.6. The molecule has 0 aromatic heterocycles. The summed E-state index contributed by atoms with van der Waals surface area (Å²) in [6.07, 6.45) is 1.45. The van der Waals surface area contributed by atoms with Crippen LogP contribution in [0.15, 0.2) is 103 Å². The molecule has 0 aliphatic carbocycles. The van der Waals surface area contributed by atoms with E-state index in [4.69, 9.17) is 9.47 Å². The number of ether oxygens (including phenoxy) is 2. The van der Waals surface area contributed by atoms with Gasteiger partial charge < -0.3 is 19.5 Å². The Bertz CT molecular complexity index is 1570. The Kier molecular flexibility index (Phi) is 13.7. The molecule has 0 bridgehead atoms. The van der Waals surface area contributed by atoms with Gasteiger partial charge in [-0.05, 0) is 108 Å². The summed E-state index contributed by atoms with van der Waals surface area (Å²) in [4.78, 5) is 15.8. The highest BCUT2D eigenvalue weighted by atomic mass is 16.5. The molecular weight excluding hydrogens is 608 g/mol. The molecule has 1 atom stereocenters. The lowest BCUT2D eigenvalue weighted by Crippen LogP contribution is -2.45. The molecule has 0 saturated heterocycles. The second-order valence-electron chi connectivity index (χ2n) is 14.4. The van der Waals surface area contributed by atoms with Crippen molar-refractivity contribution in [3.05, 3.63) is 131 Å². The Morgan fingerprint density at radius 1 is 0.714 bits per heavy atom. The summed E-state index contributed by atoms with van der Waals surface area (Å²) in [6.45, 7) is 17.3. The molecule has 0 aliphatic heterocycles. The van der Waals surface area contributed by atoms with Gasteiger partial charge in [-0.1, -0.05) is 84.9 Å². The Labute approximate surface area is 294 Å². The van der Waals surface area contributed by atoms with Crippen molar-refractivity contribution in [1.29, 1.82) is 0 Å². The van der Waals surface area contributed by atoms with E-state index in [2.05, 4.69) is 93.3 Å². The summed E-state index contributed by atoms with van der Waals surface area (Å²) in [5.41, 5.74) is 5.43. The second-order valence-corrected chi connectivity index (χ2v) is 14.4. The predicted molar refractivity (Wildman–Crippen MR) is 201 cm³/mol. The number of carbonyl (C=O) groups is 1. The normalized spacial score (nSPS) is 12.4. The van der Waals surface area contributed by atoms with E-state index in [1.54, 1.807) is 0 Å². The first-order valence-electron chi connectivity index (χ1n) is 17.7. The third-order valence-corrected chi connectivity index (χ3v) is 9.11. The van der Waals surface area contributed by atoms with Crippen LogP contribution in [0.25, 0.3) is 0 Å². The summed E-state index contributed by atoms with van der Waals surface area (Å²) in [5.74, 6) is 1.88. The first-order valence-corrected chi connectivity index (χ1v) is 17.7. The molecule has 4 aromatic carbocycles. The molecule has 0 fully saturated rings. The lowest BCUT2D eigenvalue weighted by molar-refractivity contribution is 0.101. The first-order chi connectivity index (χ1) is 23.4. The van der Waals surface area contributed by atoms with E-state index >= 15 is 0 Å². The molecule has 1 unspecified atom stereocenters. The number of benzene rings is 4. The lowest BCUT2D eigenvalue weighted by atomic mass is 9.86. The summed E-state index contributed by atoms with van der Waals surface area (Å²) in [5, 5.41) is 9.67. The van der Waals surface area contributed by atoms with Crippen molar-refractivity contribution in [2.45, 2.75) is 97.9 Å². The molecule has 4 aromatic rings. The van der Waals surface area contributed by atoms with Gasteiger partial charge in [0.15, 0.2) is 0 Å². The van der Waals surface area contributed by atoms with Crippen LogP contribution >= 0.6 is 0 Å². The van der Waals surface area contributed by atoms with E-state index in [1.165, 1.54) is 21.6 Å². The highest BCUT2D eigenvalue weighted by Crippen LogP contribution is 2.36. The minimum absolute atomic E-state index is 0.169. The van der Waals surface area contributed by atoms with Crippen LogP contribution in [-0.2, 0) is 19.4 Å². The van der Waals surface area contributed by atoms with Gasteiger partial charge in [0.05, 0.1) is 6.61 Å². The number of hydrogen-bond acceptors (Lipinski definition) is 4. The van der Waals surface area contributed by atoms with Crippen LogP contribution in [0.3, 0.4) is 0 Å². The molecule has 262 valence electrons. The third-order valence-electron chi connectivity index (χ3n) is 9.11. The molecule has 49 heavy (non-hydrogen) atoms. The summed E-state index contributed by atoms with van der Waals surface area (Å²) in [7, 11) is 0. The van der Waals surface area contributed by atoms with E-state index in [0.29, 0.717) is 38.3 Å². The first kappa shape index (κ1) is 37.5. The number of hydrogen-bond donors (Lipinski definition) is 1. The molecule has 0 aliphatic rings. The Morgan fingerprint density at radius 2 is 1.35 bits per heavy atom. The zero-order chi connectivity index (χ0) is 35.4. The smallest absolute Gasteiger partial charge is 0.407 e. The number of nitrogens with zero attached hydrogens (tertiary/aromatic N) is 2. The Balaban J connectivity index is 1.54. The second kappa shape index (κ2) is 17.9. The van der Waals surface area contributed by atoms with Gasteiger partial charge in [-0.25, -0.2) is 4.79 Å². The molecule has 0 radical (unpaired) electrons. The van der Waals surface area contributed by atoms with Gasteiger partial charge in [-0.15, -0.1) is 0 Å². The monoisotopic (exact) mass is 664 g/mol. The van der Waals surface area contributed by atoms with Crippen molar-refractivity contribution < 1.29 is 19.4 Å². The maximum atomic E-state index is 11.8. The number of rotatable bonds is 17. The van der Waals surface area contributed by atoms with Crippen molar-refractivity contribution >= 4 is 6.09 Å². The van der Waals surface area contributed by atoms with E-state index < -0.39 is 11.6 Å². The molecule has 0 spiro atoms. The van der Waals surface area contributed by atoms with Gasteiger partial charge >= 0.3 is 6.09 Å².